The van der Waals surface area contributed by atoms with E-state index in [0.717, 1.165) is 24.0 Å². The van der Waals surface area contributed by atoms with Gasteiger partial charge in [0.05, 0.1) is 6.61 Å². The minimum atomic E-state index is -0.305. The van der Waals surface area contributed by atoms with Gasteiger partial charge in [0.1, 0.15) is 5.69 Å². The van der Waals surface area contributed by atoms with E-state index < -0.39 is 0 Å². The van der Waals surface area contributed by atoms with Crippen molar-refractivity contribution in [2.24, 2.45) is 0 Å². The van der Waals surface area contributed by atoms with Crippen molar-refractivity contribution in [1.82, 2.24) is 4.98 Å². The van der Waals surface area contributed by atoms with Gasteiger partial charge >= 0.3 is 5.97 Å². The Bertz CT molecular complexity index is 540. The Morgan fingerprint density at radius 2 is 1.89 bits per heavy atom. The molecule has 19 heavy (non-hydrogen) atoms. The third kappa shape index (κ3) is 3.05. The molecule has 0 unspecified atom stereocenters. The topological polar surface area (TPSA) is 42.1 Å². The number of carbonyl (C=O) groups is 1. The van der Waals surface area contributed by atoms with Crippen LogP contribution in [-0.4, -0.2) is 17.6 Å². The summed E-state index contributed by atoms with van der Waals surface area (Å²) in [6.45, 7) is 4.35. The van der Waals surface area contributed by atoms with Gasteiger partial charge in [-0.1, -0.05) is 37.6 Å². The van der Waals surface area contributed by atoms with Crippen LogP contribution < -0.4 is 0 Å². The number of hydrogen-bond donors (Lipinski definition) is 1. The number of ether oxygens (including phenoxy) is 1. The van der Waals surface area contributed by atoms with Crippen LogP contribution in [-0.2, 0) is 11.2 Å². The van der Waals surface area contributed by atoms with Crippen molar-refractivity contribution >= 4 is 5.97 Å². The second kappa shape index (κ2) is 6.23. The number of aryl methyl sites for hydroxylation is 1. The summed E-state index contributed by atoms with van der Waals surface area (Å²) in [7, 11) is 0. The van der Waals surface area contributed by atoms with E-state index in [1.54, 1.807) is 13.1 Å². The molecule has 3 nitrogen and oxygen atoms in total. The van der Waals surface area contributed by atoms with Gasteiger partial charge in [0.15, 0.2) is 0 Å². The highest BCUT2D eigenvalue weighted by Gasteiger charge is 2.14. The maximum absolute atomic E-state index is 11.8. The number of hydrogen-bond acceptors (Lipinski definition) is 2. The number of H-pyrrole nitrogens is 1. The van der Waals surface area contributed by atoms with Crippen LogP contribution in [0.1, 0.15) is 36.3 Å². The first-order chi connectivity index (χ1) is 9.26. The summed E-state index contributed by atoms with van der Waals surface area (Å²) in [5, 5.41) is 0. The van der Waals surface area contributed by atoms with Gasteiger partial charge in [-0.25, -0.2) is 4.79 Å². The highest BCUT2D eigenvalue weighted by molar-refractivity contribution is 5.95. The molecule has 0 radical (unpaired) electrons. The first-order valence-corrected chi connectivity index (χ1v) is 6.70. The second-order valence-electron chi connectivity index (χ2n) is 4.43. The normalized spacial score (nSPS) is 10.4. The minimum absolute atomic E-state index is 0.305. The van der Waals surface area contributed by atoms with Crippen LogP contribution in [0.15, 0.2) is 36.5 Å². The predicted molar refractivity (Wildman–Crippen MR) is 76.2 cm³/mol. The quantitative estimate of drug-likeness (QED) is 0.827. The Labute approximate surface area is 113 Å². The number of nitrogens with one attached hydrogen (secondary N) is 1. The van der Waals surface area contributed by atoms with Crippen LogP contribution in [0, 0.1) is 0 Å². The summed E-state index contributed by atoms with van der Waals surface area (Å²) < 4.78 is 5.04. The van der Waals surface area contributed by atoms with Crippen LogP contribution in [0.25, 0.3) is 11.1 Å². The molecular formula is C16H19NO2. The molecule has 0 aliphatic rings. The number of carbonyl (C=O) groups excluding carboxylic acids is 1. The summed E-state index contributed by atoms with van der Waals surface area (Å²) in [6, 6.07) is 10.2. The fourth-order valence-electron chi connectivity index (χ4n) is 2.12. The van der Waals surface area contributed by atoms with Crippen LogP contribution in [0.2, 0.25) is 0 Å². The van der Waals surface area contributed by atoms with E-state index in [0.29, 0.717) is 12.3 Å². The van der Waals surface area contributed by atoms with Gasteiger partial charge in [-0.2, -0.15) is 0 Å². The minimum Gasteiger partial charge on any atom is -0.461 e. The van der Waals surface area contributed by atoms with Gasteiger partial charge in [0, 0.05) is 11.8 Å². The Balaban J connectivity index is 2.26. The SMILES string of the molecule is CCCc1ccc(-c2cc[nH]c2C(=O)OCC)cc1. The van der Waals surface area contributed by atoms with E-state index >= 15 is 0 Å². The summed E-state index contributed by atoms with van der Waals surface area (Å²) in [4.78, 5) is 14.8. The Morgan fingerprint density at radius 3 is 2.53 bits per heavy atom. The lowest BCUT2D eigenvalue weighted by atomic mass is 10.0. The average Bonchev–Trinajstić information content (AvgIpc) is 2.89. The smallest absolute Gasteiger partial charge is 0.355 e. The average molecular weight is 257 g/mol. The van der Waals surface area contributed by atoms with Gasteiger partial charge in [0.2, 0.25) is 0 Å². The maximum atomic E-state index is 11.8. The zero-order chi connectivity index (χ0) is 13.7. The molecule has 1 aromatic heterocycles. The van der Waals surface area contributed by atoms with Crippen molar-refractivity contribution in [3.8, 4) is 11.1 Å². The number of rotatable bonds is 5. The van der Waals surface area contributed by atoms with Crippen molar-refractivity contribution in [2.75, 3.05) is 6.61 Å². The molecule has 0 bridgehead atoms. The van der Waals surface area contributed by atoms with E-state index in [2.05, 4.69) is 36.2 Å². The molecule has 100 valence electrons. The molecular weight excluding hydrogens is 238 g/mol. The molecule has 2 rings (SSSR count). The summed E-state index contributed by atoms with van der Waals surface area (Å²) >= 11 is 0. The fraction of sp³-hybridized carbons (Fsp3) is 0.312. The summed E-state index contributed by atoms with van der Waals surface area (Å²) in [6.07, 6.45) is 3.98. The monoisotopic (exact) mass is 257 g/mol. The molecule has 0 aliphatic carbocycles. The van der Waals surface area contributed by atoms with Gasteiger partial charge < -0.3 is 9.72 Å². The number of aromatic nitrogens is 1. The standard InChI is InChI=1S/C16H19NO2/c1-3-5-12-6-8-13(9-7-12)14-10-11-17-15(14)16(18)19-4-2/h6-11,17H,3-5H2,1-2H3. The van der Waals surface area contributed by atoms with Crippen molar-refractivity contribution in [3.05, 3.63) is 47.8 Å². The lowest BCUT2D eigenvalue weighted by molar-refractivity contribution is 0.0521. The first kappa shape index (κ1) is 13.4. The first-order valence-electron chi connectivity index (χ1n) is 6.70. The zero-order valence-corrected chi connectivity index (χ0v) is 11.4. The molecule has 0 atom stereocenters. The van der Waals surface area contributed by atoms with E-state index in [1.165, 1.54) is 5.56 Å². The van der Waals surface area contributed by atoms with Gasteiger partial charge in [-0.05, 0) is 30.5 Å². The largest absolute Gasteiger partial charge is 0.461 e. The van der Waals surface area contributed by atoms with Crippen molar-refractivity contribution in [2.45, 2.75) is 26.7 Å². The van der Waals surface area contributed by atoms with Crippen molar-refractivity contribution in [3.63, 3.8) is 0 Å². The molecule has 1 aromatic carbocycles. The third-order valence-electron chi connectivity index (χ3n) is 3.03. The summed E-state index contributed by atoms with van der Waals surface area (Å²) in [5.41, 5.74) is 3.76. The molecule has 2 aromatic rings. The van der Waals surface area contributed by atoms with Gasteiger partial charge in [-0.15, -0.1) is 0 Å². The van der Waals surface area contributed by atoms with E-state index in [4.69, 9.17) is 4.74 Å². The molecule has 1 N–H and O–H groups in total. The second-order valence-corrected chi connectivity index (χ2v) is 4.43. The molecule has 0 saturated heterocycles. The van der Waals surface area contributed by atoms with E-state index in [-0.39, 0.29) is 5.97 Å². The van der Waals surface area contributed by atoms with Gasteiger partial charge in [-0.3, -0.25) is 0 Å². The Morgan fingerprint density at radius 1 is 1.16 bits per heavy atom. The number of benzene rings is 1. The fourth-order valence-corrected chi connectivity index (χ4v) is 2.12. The molecule has 0 aliphatic heterocycles. The summed E-state index contributed by atoms with van der Waals surface area (Å²) in [5.74, 6) is -0.305. The van der Waals surface area contributed by atoms with Crippen molar-refractivity contribution in [1.29, 1.82) is 0 Å². The lowest BCUT2D eigenvalue weighted by Gasteiger charge is -2.05. The molecule has 0 amide bonds. The zero-order valence-electron chi connectivity index (χ0n) is 11.4. The molecule has 1 heterocycles. The van der Waals surface area contributed by atoms with Crippen LogP contribution in [0.3, 0.4) is 0 Å². The maximum Gasteiger partial charge on any atom is 0.355 e. The molecule has 3 heteroatoms. The van der Waals surface area contributed by atoms with E-state index in [1.807, 2.05) is 6.07 Å². The lowest BCUT2D eigenvalue weighted by Crippen LogP contribution is -2.06. The Hall–Kier alpha value is -2.03. The highest BCUT2D eigenvalue weighted by Crippen LogP contribution is 2.24. The molecule has 0 fully saturated rings. The van der Waals surface area contributed by atoms with E-state index in [9.17, 15) is 4.79 Å². The predicted octanol–water partition coefficient (Wildman–Crippen LogP) is 3.81. The Kier molecular flexibility index (Phi) is 4.39. The van der Waals surface area contributed by atoms with Crippen LogP contribution in [0.5, 0.6) is 0 Å². The number of esters is 1. The number of aromatic amines is 1. The third-order valence-corrected chi connectivity index (χ3v) is 3.03. The highest BCUT2D eigenvalue weighted by atomic mass is 16.5. The van der Waals surface area contributed by atoms with Crippen LogP contribution in [0.4, 0.5) is 0 Å². The van der Waals surface area contributed by atoms with Crippen LogP contribution >= 0.6 is 0 Å². The molecule has 0 spiro atoms. The van der Waals surface area contributed by atoms with Crippen molar-refractivity contribution < 1.29 is 9.53 Å². The van der Waals surface area contributed by atoms with Gasteiger partial charge in [0.25, 0.3) is 0 Å². The molecule has 0 saturated carbocycles.